The summed E-state index contributed by atoms with van der Waals surface area (Å²) in [6, 6.07) is 10.5. The number of thiophene rings is 1. The molecular weight excluding hydrogens is 346 g/mol. The van der Waals surface area contributed by atoms with Gasteiger partial charge in [0.1, 0.15) is 12.4 Å². The van der Waals surface area contributed by atoms with Crippen LogP contribution < -0.4 is 15.4 Å². The zero-order valence-electron chi connectivity index (χ0n) is 15.9. The van der Waals surface area contributed by atoms with Gasteiger partial charge in [-0.15, -0.1) is 11.3 Å². The monoisotopic (exact) mass is 375 g/mol. The van der Waals surface area contributed by atoms with Crippen LogP contribution in [0.25, 0.3) is 0 Å². The Labute approximate surface area is 160 Å². The maximum atomic E-state index is 5.85. The van der Waals surface area contributed by atoms with Gasteiger partial charge in [0.25, 0.3) is 0 Å². The lowest BCUT2D eigenvalue weighted by molar-refractivity contribution is 0.145. The first-order chi connectivity index (χ1) is 12.7. The molecule has 142 valence electrons. The summed E-state index contributed by atoms with van der Waals surface area (Å²) in [6.07, 6.45) is 0.998. The summed E-state index contributed by atoms with van der Waals surface area (Å²) in [4.78, 5) is 6.08. The summed E-state index contributed by atoms with van der Waals surface area (Å²) in [7, 11) is 1.68. The highest BCUT2D eigenvalue weighted by atomic mass is 32.1. The second-order valence-electron chi connectivity index (χ2n) is 5.90. The fourth-order valence-corrected chi connectivity index (χ4v) is 3.14. The number of nitrogens with zero attached hydrogens (tertiary/aromatic N) is 1. The van der Waals surface area contributed by atoms with Gasteiger partial charge in [0.15, 0.2) is 5.96 Å². The molecule has 6 heteroatoms. The molecule has 0 radical (unpaired) electrons. The molecule has 1 aromatic carbocycles. The minimum Gasteiger partial charge on any atom is -0.491 e. The molecule has 0 amide bonds. The van der Waals surface area contributed by atoms with Gasteiger partial charge in [0.2, 0.25) is 0 Å². The zero-order chi connectivity index (χ0) is 18.6. The normalized spacial score (nSPS) is 11.4. The molecule has 0 bridgehead atoms. The number of ether oxygens (including phenoxy) is 2. The fourth-order valence-electron chi connectivity index (χ4n) is 2.43. The van der Waals surface area contributed by atoms with Gasteiger partial charge >= 0.3 is 0 Å². The molecule has 0 unspecified atom stereocenters. The van der Waals surface area contributed by atoms with Crippen LogP contribution >= 0.6 is 11.3 Å². The van der Waals surface area contributed by atoms with E-state index in [4.69, 9.17) is 14.5 Å². The predicted octanol–water partition coefficient (Wildman–Crippen LogP) is 3.38. The molecular formula is C20H29N3O2S. The van der Waals surface area contributed by atoms with Crippen molar-refractivity contribution in [1.82, 2.24) is 10.6 Å². The van der Waals surface area contributed by atoms with Gasteiger partial charge in [-0.2, -0.15) is 0 Å². The van der Waals surface area contributed by atoms with Crippen molar-refractivity contribution in [3.63, 3.8) is 0 Å². The molecule has 0 fully saturated rings. The third-order valence-corrected chi connectivity index (χ3v) is 4.70. The summed E-state index contributed by atoms with van der Waals surface area (Å²) in [5, 5.41) is 8.80. The van der Waals surface area contributed by atoms with Gasteiger partial charge in [0.05, 0.1) is 13.2 Å². The van der Waals surface area contributed by atoms with Crippen LogP contribution in [-0.2, 0) is 17.7 Å². The molecule has 1 heterocycles. The summed E-state index contributed by atoms with van der Waals surface area (Å²) >= 11 is 1.78. The smallest absolute Gasteiger partial charge is 0.191 e. The largest absolute Gasteiger partial charge is 0.491 e. The van der Waals surface area contributed by atoms with E-state index in [1.165, 1.54) is 10.4 Å². The van der Waals surface area contributed by atoms with Crippen LogP contribution in [0.1, 0.15) is 22.9 Å². The van der Waals surface area contributed by atoms with Crippen molar-refractivity contribution in [2.75, 3.05) is 33.4 Å². The quantitative estimate of drug-likeness (QED) is 0.380. The van der Waals surface area contributed by atoms with Gasteiger partial charge in [0, 0.05) is 30.6 Å². The van der Waals surface area contributed by atoms with Crippen molar-refractivity contribution in [2.24, 2.45) is 4.99 Å². The van der Waals surface area contributed by atoms with Crippen molar-refractivity contribution in [3.8, 4) is 5.75 Å². The molecule has 1 aromatic heterocycles. The summed E-state index contributed by atoms with van der Waals surface area (Å²) < 4.78 is 10.9. The number of methoxy groups -OCH3 is 1. The first-order valence-electron chi connectivity index (χ1n) is 8.98. The van der Waals surface area contributed by atoms with E-state index in [1.54, 1.807) is 18.4 Å². The number of nitrogens with one attached hydrogen (secondary N) is 2. The molecule has 0 spiro atoms. The van der Waals surface area contributed by atoms with Crippen molar-refractivity contribution in [3.05, 3.63) is 51.7 Å². The number of aryl methyl sites for hydroxylation is 1. The summed E-state index contributed by atoms with van der Waals surface area (Å²) in [5.41, 5.74) is 2.24. The predicted molar refractivity (Wildman–Crippen MR) is 109 cm³/mol. The van der Waals surface area contributed by atoms with Gasteiger partial charge in [-0.3, -0.25) is 0 Å². The number of aliphatic imine (C=N–C) groups is 1. The van der Waals surface area contributed by atoms with E-state index in [2.05, 4.69) is 60.2 Å². The first kappa shape index (κ1) is 20.3. The van der Waals surface area contributed by atoms with Crippen molar-refractivity contribution in [2.45, 2.75) is 26.8 Å². The van der Waals surface area contributed by atoms with Gasteiger partial charge < -0.3 is 20.1 Å². The van der Waals surface area contributed by atoms with E-state index >= 15 is 0 Å². The van der Waals surface area contributed by atoms with Gasteiger partial charge in [-0.25, -0.2) is 4.99 Å². The number of guanidine groups is 1. The molecule has 0 aliphatic carbocycles. The number of rotatable bonds is 10. The average molecular weight is 376 g/mol. The van der Waals surface area contributed by atoms with Crippen molar-refractivity contribution >= 4 is 17.3 Å². The van der Waals surface area contributed by atoms with Crippen LogP contribution in [0.15, 0.2) is 40.7 Å². The summed E-state index contributed by atoms with van der Waals surface area (Å²) in [5.74, 6) is 1.70. The maximum absolute atomic E-state index is 5.85. The van der Waals surface area contributed by atoms with Crippen LogP contribution in [0, 0.1) is 6.92 Å². The van der Waals surface area contributed by atoms with Crippen LogP contribution in [-0.4, -0.2) is 39.4 Å². The van der Waals surface area contributed by atoms with Crippen molar-refractivity contribution in [1.29, 1.82) is 0 Å². The molecule has 2 aromatic rings. The van der Waals surface area contributed by atoms with Crippen LogP contribution in [0.5, 0.6) is 5.75 Å². The zero-order valence-corrected chi connectivity index (χ0v) is 16.7. The fraction of sp³-hybridized carbons (Fsp3) is 0.450. The molecule has 0 atom stereocenters. The lowest BCUT2D eigenvalue weighted by Crippen LogP contribution is -2.38. The Bertz CT molecular complexity index is 672. The third-order valence-electron chi connectivity index (χ3n) is 3.76. The van der Waals surface area contributed by atoms with E-state index in [0.717, 1.165) is 36.8 Å². The molecule has 26 heavy (non-hydrogen) atoms. The van der Waals surface area contributed by atoms with Gasteiger partial charge in [-0.05, 0) is 43.3 Å². The van der Waals surface area contributed by atoms with E-state index in [1.807, 2.05) is 0 Å². The lowest BCUT2D eigenvalue weighted by Gasteiger charge is -2.13. The Hall–Kier alpha value is -2.05. The van der Waals surface area contributed by atoms with Gasteiger partial charge in [-0.1, -0.05) is 18.2 Å². The molecule has 2 rings (SSSR count). The Morgan fingerprint density at radius 3 is 2.81 bits per heavy atom. The Kier molecular flexibility index (Phi) is 9.00. The molecule has 0 aliphatic rings. The number of hydrogen-bond acceptors (Lipinski definition) is 4. The molecule has 0 saturated carbocycles. The second-order valence-corrected chi connectivity index (χ2v) is 6.94. The topological polar surface area (TPSA) is 54.9 Å². The van der Waals surface area contributed by atoms with Crippen LogP contribution in [0.3, 0.4) is 0 Å². The SMILES string of the molecule is CCNC(=NCc1ccc(C)cc1OCCOC)NCCc1cccs1. The standard InChI is InChI=1S/C20H29N3O2S/c1-4-21-20(22-10-9-18-6-5-13-26-18)23-15-17-8-7-16(2)14-19(17)25-12-11-24-3/h5-8,13-14H,4,9-12,15H2,1-3H3,(H2,21,22,23). The highest BCUT2D eigenvalue weighted by Gasteiger charge is 2.05. The molecule has 2 N–H and O–H groups in total. The first-order valence-corrected chi connectivity index (χ1v) is 9.86. The van der Waals surface area contributed by atoms with E-state index in [9.17, 15) is 0 Å². The van der Waals surface area contributed by atoms with E-state index in [-0.39, 0.29) is 0 Å². The van der Waals surface area contributed by atoms with Crippen molar-refractivity contribution < 1.29 is 9.47 Å². The Balaban J connectivity index is 1.96. The minimum atomic E-state index is 0.537. The summed E-state index contributed by atoms with van der Waals surface area (Å²) in [6.45, 7) is 7.50. The average Bonchev–Trinajstić information content (AvgIpc) is 3.14. The Morgan fingerprint density at radius 2 is 2.08 bits per heavy atom. The van der Waals surface area contributed by atoms with Crippen LogP contribution in [0.2, 0.25) is 0 Å². The maximum Gasteiger partial charge on any atom is 0.191 e. The molecule has 0 saturated heterocycles. The highest BCUT2D eigenvalue weighted by molar-refractivity contribution is 7.09. The number of benzene rings is 1. The van der Waals surface area contributed by atoms with E-state index in [0.29, 0.717) is 19.8 Å². The highest BCUT2D eigenvalue weighted by Crippen LogP contribution is 2.21. The third kappa shape index (κ3) is 7.06. The molecule has 0 aliphatic heterocycles. The second kappa shape index (κ2) is 11.5. The Morgan fingerprint density at radius 1 is 1.19 bits per heavy atom. The minimum absolute atomic E-state index is 0.537. The molecule has 5 nitrogen and oxygen atoms in total. The van der Waals surface area contributed by atoms with Crippen LogP contribution in [0.4, 0.5) is 0 Å². The number of hydrogen-bond donors (Lipinski definition) is 2. The lowest BCUT2D eigenvalue weighted by atomic mass is 10.1. The van der Waals surface area contributed by atoms with E-state index < -0.39 is 0 Å².